The first-order valence-corrected chi connectivity index (χ1v) is 13.5. The Kier molecular flexibility index (Phi) is 8.06. The number of rotatable bonds is 9. The fraction of sp³-hybridized carbons (Fsp3) is 0.407. The van der Waals surface area contributed by atoms with Gasteiger partial charge in [-0.1, -0.05) is 24.3 Å². The van der Waals surface area contributed by atoms with E-state index >= 15 is 0 Å². The lowest BCUT2D eigenvalue weighted by Crippen LogP contribution is -2.38. The number of methoxy groups -OCH3 is 2. The van der Waals surface area contributed by atoms with Crippen LogP contribution in [0.5, 0.6) is 11.6 Å². The molecule has 4 aromatic rings. The number of aromatic nitrogens is 4. The van der Waals surface area contributed by atoms with Gasteiger partial charge in [0.1, 0.15) is 17.0 Å². The predicted molar refractivity (Wildman–Crippen MR) is 146 cm³/mol. The highest BCUT2D eigenvalue weighted by Crippen LogP contribution is 2.36. The molecule has 1 saturated carbocycles. The molecule has 1 aliphatic carbocycles. The second-order valence-electron chi connectivity index (χ2n) is 9.72. The van der Waals surface area contributed by atoms with Gasteiger partial charge in [0.05, 0.1) is 43.9 Å². The molecule has 0 bridgehead atoms. The molecule has 3 heterocycles. The summed E-state index contributed by atoms with van der Waals surface area (Å²) in [5.74, 6) is 1.34. The van der Waals surface area contributed by atoms with Gasteiger partial charge in [-0.15, -0.1) is 21.5 Å². The van der Waals surface area contributed by atoms with Crippen LogP contribution in [0.2, 0.25) is 0 Å². The molecule has 0 saturated heterocycles. The number of nitrogens with one attached hydrogen (secondary N) is 1. The minimum Gasteiger partial charge on any atom is -0.491 e. The summed E-state index contributed by atoms with van der Waals surface area (Å²) < 4.78 is 49.2. The van der Waals surface area contributed by atoms with E-state index in [2.05, 4.69) is 25.5 Å². The molecule has 0 amide bonds. The quantitative estimate of drug-likeness (QED) is 0.301. The molecule has 13 heteroatoms. The van der Waals surface area contributed by atoms with Gasteiger partial charge in [-0.05, 0) is 24.5 Å². The van der Waals surface area contributed by atoms with Crippen LogP contribution < -0.4 is 19.7 Å². The lowest BCUT2D eigenvalue weighted by molar-refractivity contribution is -0.126. The van der Waals surface area contributed by atoms with Crippen molar-refractivity contribution in [1.29, 1.82) is 0 Å². The van der Waals surface area contributed by atoms with Crippen molar-refractivity contribution >= 4 is 27.4 Å². The van der Waals surface area contributed by atoms with Crippen molar-refractivity contribution in [2.45, 2.75) is 50.2 Å². The zero-order valence-electron chi connectivity index (χ0n) is 22.1. The molecule has 1 aliphatic rings. The fourth-order valence-corrected chi connectivity index (χ4v) is 6.06. The van der Waals surface area contributed by atoms with Gasteiger partial charge >= 0.3 is 6.18 Å². The van der Waals surface area contributed by atoms with Crippen LogP contribution in [0.3, 0.4) is 0 Å². The predicted octanol–water partition coefficient (Wildman–Crippen LogP) is 4.39. The fourth-order valence-electron chi connectivity index (χ4n) is 5.04. The topological polar surface area (TPSA) is 106 Å². The van der Waals surface area contributed by atoms with Gasteiger partial charge in [0.15, 0.2) is 5.75 Å². The summed E-state index contributed by atoms with van der Waals surface area (Å²) in [6, 6.07) is 11.0. The Morgan fingerprint density at radius 2 is 1.85 bits per heavy atom. The Morgan fingerprint density at radius 3 is 2.55 bits per heavy atom. The lowest BCUT2D eigenvalue weighted by atomic mass is 10.1. The molecule has 2 N–H and O–H groups in total. The summed E-state index contributed by atoms with van der Waals surface area (Å²) in [6.45, 7) is 0.606. The number of aliphatic hydroxyl groups is 1. The minimum absolute atomic E-state index is 0.0550. The average Bonchev–Trinajstić information content (AvgIpc) is 3.52. The molecule has 9 nitrogen and oxygen atoms in total. The maximum absolute atomic E-state index is 12.9. The summed E-state index contributed by atoms with van der Waals surface area (Å²) in [4.78, 5) is 11.1. The molecule has 40 heavy (non-hydrogen) atoms. The van der Waals surface area contributed by atoms with Crippen molar-refractivity contribution in [1.82, 2.24) is 25.5 Å². The van der Waals surface area contributed by atoms with E-state index in [1.165, 1.54) is 19.5 Å². The Morgan fingerprint density at radius 1 is 1.07 bits per heavy atom. The van der Waals surface area contributed by atoms with Gasteiger partial charge in [0.2, 0.25) is 0 Å². The van der Waals surface area contributed by atoms with E-state index in [1.807, 2.05) is 36.2 Å². The zero-order valence-corrected chi connectivity index (χ0v) is 23.0. The van der Waals surface area contributed by atoms with Crippen LogP contribution in [0.15, 0.2) is 42.7 Å². The third-order valence-electron chi connectivity index (χ3n) is 7.05. The normalized spacial score (nSPS) is 19.2. The first-order valence-electron chi connectivity index (χ1n) is 12.6. The first-order chi connectivity index (χ1) is 19.1. The Balaban J connectivity index is 1.22. The number of hydrogen-bond acceptors (Lipinski definition) is 10. The maximum Gasteiger partial charge on any atom is 0.393 e. The highest BCUT2D eigenvalue weighted by atomic mass is 32.1. The summed E-state index contributed by atoms with van der Waals surface area (Å²) in [5.41, 5.74) is 2.62. The molecular weight excluding hydrogens is 545 g/mol. The van der Waals surface area contributed by atoms with Crippen molar-refractivity contribution < 1.29 is 27.8 Å². The van der Waals surface area contributed by atoms with E-state index in [9.17, 15) is 18.3 Å². The second-order valence-corrected chi connectivity index (χ2v) is 10.8. The molecular formula is C27H29F3N6O3S. The molecule has 0 aliphatic heterocycles. The number of thiophene rings is 1. The van der Waals surface area contributed by atoms with Crippen molar-refractivity contribution in [3.63, 3.8) is 0 Å². The smallest absolute Gasteiger partial charge is 0.393 e. The van der Waals surface area contributed by atoms with Crippen LogP contribution in [-0.2, 0) is 13.0 Å². The average molecular weight is 575 g/mol. The molecule has 212 valence electrons. The Labute approximate surface area is 233 Å². The molecule has 0 spiro atoms. The largest absolute Gasteiger partial charge is 0.491 e. The Hall–Kier alpha value is -3.55. The number of ether oxygens (including phenoxy) is 2. The zero-order chi connectivity index (χ0) is 28.4. The Bertz CT molecular complexity index is 1470. The van der Waals surface area contributed by atoms with Gasteiger partial charge in [-0.25, -0.2) is 9.97 Å². The van der Waals surface area contributed by atoms with Crippen LogP contribution >= 0.6 is 11.3 Å². The second kappa shape index (κ2) is 11.5. The van der Waals surface area contributed by atoms with Gasteiger partial charge < -0.3 is 24.8 Å². The van der Waals surface area contributed by atoms with Crippen LogP contribution in [-0.4, -0.2) is 70.9 Å². The van der Waals surface area contributed by atoms with Gasteiger partial charge in [0, 0.05) is 36.1 Å². The number of hydrogen-bond donors (Lipinski definition) is 2. The molecule has 1 fully saturated rings. The van der Waals surface area contributed by atoms with Crippen molar-refractivity contribution in [2.75, 3.05) is 26.2 Å². The number of anilines is 1. The van der Waals surface area contributed by atoms with E-state index in [0.717, 1.165) is 22.5 Å². The molecule has 3 aromatic heterocycles. The summed E-state index contributed by atoms with van der Waals surface area (Å²) in [6.07, 6.45) is -3.35. The van der Waals surface area contributed by atoms with Gasteiger partial charge in [0.25, 0.3) is 5.88 Å². The molecule has 0 unspecified atom stereocenters. The van der Waals surface area contributed by atoms with E-state index in [-0.39, 0.29) is 17.0 Å². The van der Waals surface area contributed by atoms with Crippen molar-refractivity contribution in [3.8, 4) is 22.9 Å². The summed E-state index contributed by atoms with van der Waals surface area (Å²) in [7, 11) is 4.87. The SMILES string of the molecule is COc1cc(-c2ccc(CN[C@H]3C[C@@H](O)[C@@H](N(C)c4ncnc5sc(CC(F)(F)F)cc45)C3)cc2)nnc1OC. The molecule has 0 radical (unpaired) electrons. The number of likely N-dealkylation sites (N-methyl/N-ethyl adjacent to an activating group) is 1. The maximum atomic E-state index is 12.9. The third kappa shape index (κ3) is 6.11. The van der Waals surface area contributed by atoms with E-state index in [4.69, 9.17) is 9.47 Å². The monoisotopic (exact) mass is 574 g/mol. The highest BCUT2D eigenvalue weighted by molar-refractivity contribution is 7.18. The minimum atomic E-state index is -4.29. The number of nitrogens with zero attached hydrogens (tertiary/aromatic N) is 5. The molecule has 5 rings (SSSR count). The number of aliphatic hydroxyl groups excluding tert-OH is 1. The number of fused-ring (bicyclic) bond motifs is 1. The number of benzene rings is 1. The number of alkyl halides is 3. The lowest BCUT2D eigenvalue weighted by Gasteiger charge is -2.28. The van der Waals surface area contributed by atoms with Crippen LogP contribution in [0.4, 0.5) is 19.0 Å². The first kappa shape index (κ1) is 28.0. The van der Waals surface area contributed by atoms with Crippen LogP contribution in [0.25, 0.3) is 21.5 Å². The third-order valence-corrected chi connectivity index (χ3v) is 8.09. The van der Waals surface area contributed by atoms with E-state index in [0.29, 0.717) is 52.7 Å². The van der Waals surface area contributed by atoms with Crippen molar-refractivity contribution in [2.24, 2.45) is 0 Å². The van der Waals surface area contributed by atoms with E-state index in [1.54, 1.807) is 13.2 Å². The van der Waals surface area contributed by atoms with Crippen molar-refractivity contribution in [3.05, 3.63) is 53.2 Å². The van der Waals surface area contributed by atoms with Crippen LogP contribution in [0.1, 0.15) is 23.3 Å². The molecule has 3 atom stereocenters. The standard InChI is InChI=1S/C27H29F3N6O3S/c1-36(24-19-10-18(12-27(28,29)30)40-26(19)33-14-32-24)21-8-17(9-22(21)37)31-13-15-4-6-16(7-5-15)20-11-23(38-2)25(39-3)35-34-20/h4-7,10-11,14,17,21-22,31,37H,8-9,12-13H2,1-3H3/t17-,21+,22-/m1/s1. The van der Waals surface area contributed by atoms with Gasteiger partial charge in [-0.3, -0.25) is 0 Å². The number of halogens is 3. The van der Waals surface area contributed by atoms with Crippen LogP contribution in [0, 0.1) is 0 Å². The van der Waals surface area contributed by atoms with E-state index < -0.39 is 18.7 Å². The summed E-state index contributed by atoms with van der Waals surface area (Å²) in [5, 5.41) is 23.2. The molecule has 1 aromatic carbocycles. The van der Waals surface area contributed by atoms with Gasteiger partial charge in [-0.2, -0.15) is 13.2 Å². The summed E-state index contributed by atoms with van der Waals surface area (Å²) >= 11 is 1.02. The highest BCUT2D eigenvalue weighted by Gasteiger charge is 2.37.